The van der Waals surface area contributed by atoms with Gasteiger partial charge in [0.05, 0.1) is 17.2 Å². The number of Topliss-reactive ketones (excluding diaryl/α,β-unsaturated/α-hetero) is 1. The van der Waals surface area contributed by atoms with Crippen LogP contribution < -0.4 is 10.9 Å². The second kappa shape index (κ2) is 7.72. The molecule has 0 aliphatic heterocycles. The van der Waals surface area contributed by atoms with Crippen molar-refractivity contribution in [3.8, 4) is 17.3 Å². The molecule has 2 aromatic carbocycles. The first-order valence-electron chi connectivity index (χ1n) is 9.55. The third kappa shape index (κ3) is 3.94. The van der Waals surface area contributed by atoms with E-state index >= 15 is 0 Å². The predicted molar refractivity (Wildman–Crippen MR) is 111 cm³/mol. The van der Waals surface area contributed by atoms with Gasteiger partial charge in [-0.3, -0.25) is 9.59 Å². The Kier molecular flexibility index (Phi) is 4.96. The van der Waals surface area contributed by atoms with Crippen LogP contribution in [0.2, 0.25) is 0 Å². The molecule has 3 aromatic rings. The number of rotatable bonds is 6. The van der Waals surface area contributed by atoms with Crippen LogP contribution in [0.1, 0.15) is 35.7 Å². The zero-order valence-electron chi connectivity index (χ0n) is 16.1. The SMILES string of the molecule is CC(=O)c1c(-c2ccccc2)nn(CC2CC2)c(=O)c1Nc1cccc(C#N)c1. The van der Waals surface area contributed by atoms with Crippen LogP contribution in [0.25, 0.3) is 11.3 Å². The fourth-order valence-corrected chi connectivity index (χ4v) is 3.31. The molecule has 1 heterocycles. The Labute approximate surface area is 168 Å². The van der Waals surface area contributed by atoms with Gasteiger partial charge < -0.3 is 5.32 Å². The first-order valence-corrected chi connectivity index (χ1v) is 9.55. The topological polar surface area (TPSA) is 87.8 Å². The van der Waals surface area contributed by atoms with Crippen LogP contribution in [0, 0.1) is 17.2 Å². The minimum Gasteiger partial charge on any atom is -0.350 e. The van der Waals surface area contributed by atoms with E-state index < -0.39 is 0 Å². The van der Waals surface area contributed by atoms with E-state index in [2.05, 4.69) is 16.5 Å². The Morgan fingerprint density at radius 1 is 1.21 bits per heavy atom. The number of ketones is 1. The fourth-order valence-electron chi connectivity index (χ4n) is 3.31. The van der Waals surface area contributed by atoms with Crippen LogP contribution in [0.4, 0.5) is 11.4 Å². The molecule has 0 spiro atoms. The summed E-state index contributed by atoms with van der Waals surface area (Å²) in [6.07, 6.45) is 2.16. The smallest absolute Gasteiger partial charge is 0.291 e. The van der Waals surface area contributed by atoms with Crippen molar-refractivity contribution in [1.29, 1.82) is 5.26 Å². The van der Waals surface area contributed by atoms with Crippen molar-refractivity contribution in [3.05, 3.63) is 76.1 Å². The molecule has 0 bridgehead atoms. The lowest BCUT2D eigenvalue weighted by molar-refractivity contribution is 0.101. The number of anilines is 2. The summed E-state index contributed by atoms with van der Waals surface area (Å²) in [5.41, 5.74) is 2.43. The summed E-state index contributed by atoms with van der Waals surface area (Å²) in [6.45, 7) is 1.97. The average molecular weight is 384 g/mol. The molecule has 6 heteroatoms. The van der Waals surface area contributed by atoms with E-state index in [1.165, 1.54) is 11.6 Å². The maximum Gasteiger partial charge on any atom is 0.291 e. The third-order valence-corrected chi connectivity index (χ3v) is 4.94. The van der Waals surface area contributed by atoms with Crippen LogP contribution in [-0.4, -0.2) is 15.6 Å². The van der Waals surface area contributed by atoms with Gasteiger partial charge in [0.1, 0.15) is 11.4 Å². The molecule has 1 aromatic heterocycles. The van der Waals surface area contributed by atoms with Gasteiger partial charge in [-0.2, -0.15) is 10.4 Å². The summed E-state index contributed by atoms with van der Waals surface area (Å²) in [7, 11) is 0. The first kappa shape index (κ1) is 18.6. The van der Waals surface area contributed by atoms with Crippen LogP contribution >= 0.6 is 0 Å². The highest BCUT2D eigenvalue weighted by Gasteiger charge is 2.27. The van der Waals surface area contributed by atoms with Gasteiger partial charge in [0.25, 0.3) is 5.56 Å². The average Bonchev–Trinajstić information content (AvgIpc) is 3.55. The van der Waals surface area contributed by atoms with E-state index in [1.807, 2.05) is 30.3 Å². The van der Waals surface area contributed by atoms with E-state index in [-0.39, 0.29) is 22.6 Å². The molecule has 6 nitrogen and oxygen atoms in total. The van der Waals surface area contributed by atoms with Gasteiger partial charge >= 0.3 is 0 Å². The predicted octanol–water partition coefficient (Wildman–Crippen LogP) is 4.14. The molecule has 0 saturated heterocycles. The largest absolute Gasteiger partial charge is 0.350 e. The highest BCUT2D eigenvalue weighted by Crippen LogP contribution is 2.32. The summed E-state index contributed by atoms with van der Waals surface area (Å²) in [5, 5.41) is 16.8. The van der Waals surface area contributed by atoms with E-state index in [4.69, 9.17) is 5.26 Å². The molecule has 4 rings (SSSR count). The van der Waals surface area contributed by atoms with Crippen LogP contribution in [0.15, 0.2) is 59.4 Å². The monoisotopic (exact) mass is 384 g/mol. The van der Waals surface area contributed by atoms with Gasteiger partial charge in [0, 0.05) is 17.8 Å². The minimum absolute atomic E-state index is 0.196. The van der Waals surface area contributed by atoms with E-state index in [0.29, 0.717) is 29.4 Å². The summed E-state index contributed by atoms with van der Waals surface area (Å²) in [5.74, 6) is 0.202. The number of hydrogen-bond donors (Lipinski definition) is 1. The number of carbonyl (C=O) groups is 1. The second-order valence-electron chi connectivity index (χ2n) is 7.27. The molecule has 1 saturated carbocycles. The Bertz CT molecular complexity index is 1170. The number of carbonyl (C=O) groups excluding carboxylic acids is 1. The van der Waals surface area contributed by atoms with E-state index in [0.717, 1.165) is 18.4 Å². The number of nitrogens with zero attached hydrogens (tertiary/aromatic N) is 3. The number of hydrogen-bond acceptors (Lipinski definition) is 5. The van der Waals surface area contributed by atoms with Gasteiger partial charge in [-0.25, -0.2) is 4.68 Å². The Morgan fingerprint density at radius 3 is 2.62 bits per heavy atom. The van der Waals surface area contributed by atoms with E-state index in [1.54, 1.807) is 24.3 Å². The molecule has 29 heavy (non-hydrogen) atoms. The molecule has 1 aliphatic carbocycles. The standard InChI is InChI=1S/C23H20N4O2/c1-15(28)20-21(18-7-3-2-4-8-18)26-27(14-16-10-11-16)23(29)22(20)25-19-9-5-6-17(12-19)13-24/h2-9,12,16,25H,10-11,14H2,1H3. The van der Waals surface area contributed by atoms with Gasteiger partial charge in [0.2, 0.25) is 0 Å². The summed E-state index contributed by atoms with van der Waals surface area (Å²) >= 11 is 0. The van der Waals surface area contributed by atoms with Crippen molar-refractivity contribution in [2.24, 2.45) is 5.92 Å². The Balaban J connectivity index is 1.92. The molecular weight excluding hydrogens is 364 g/mol. The molecule has 1 fully saturated rings. The Hall–Kier alpha value is -3.72. The lowest BCUT2D eigenvalue weighted by Gasteiger charge is -2.17. The van der Waals surface area contributed by atoms with Gasteiger partial charge in [0.15, 0.2) is 5.78 Å². The number of benzene rings is 2. The summed E-state index contributed by atoms with van der Waals surface area (Å²) < 4.78 is 1.46. The quantitative estimate of drug-likeness (QED) is 0.646. The molecular formula is C23H20N4O2. The second-order valence-corrected chi connectivity index (χ2v) is 7.27. The van der Waals surface area contributed by atoms with Crippen LogP contribution in [0.3, 0.4) is 0 Å². The Morgan fingerprint density at radius 2 is 1.97 bits per heavy atom. The zero-order valence-corrected chi connectivity index (χ0v) is 16.1. The minimum atomic E-state index is -0.329. The highest BCUT2D eigenvalue weighted by atomic mass is 16.1. The first-order chi connectivity index (χ1) is 14.1. The van der Waals surface area contributed by atoms with Crippen molar-refractivity contribution in [3.63, 3.8) is 0 Å². The molecule has 0 radical (unpaired) electrons. The van der Waals surface area contributed by atoms with Gasteiger partial charge in [-0.15, -0.1) is 0 Å². The van der Waals surface area contributed by atoms with Crippen molar-refractivity contribution >= 4 is 17.2 Å². The van der Waals surface area contributed by atoms with Crippen LogP contribution in [0.5, 0.6) is 0 Å². The highest BCUT2D eigenvalue weighted by molar-refractivity contribution is 6.05. The maximum absolute atomic E-state index is 13.2. The maximum atomic E-state index is 13.2. The molecule has 0 atom stereocenters. The van der Waals surface area contributed by atoms with Crippen molar-refractivity contribution in [2.75, 3.05) is 5.32 Å². The van der Waals surface area contributed by atoms with Gasteiger partial charge in [-0.1, -0.05) is 36.4 Å². The molecule has 1 N–H and O–H groups in total. The number of nitriles is 1. The lowest BCUT2D eigenvalue weighted by atomic mass is 10.0. The van der Waals surface area contributed by atoms with Crippen molar-refractivity contribution < 1.29 is 4.79 Å². The van der Waals surface area contributed by atoms with Crippen molar-refractivity contribution in [2.45, 2.75) is 26.3 Å². The fraction of sp³-hybridized carbons (Fsp3) is 0.217. The summed E-state index contributed by atoms with van der Waals surface area (Å²) in [4.78, 5) is 25.8. The normalized spacial score (nSPS) is 13.0. The van der Waals surface area contributed by atoms with Crippen molar-refractivity contribution in [1.82, 2.24) is 9.78 Å². The lowest BCUT2D eigenvalue weighted by Crippen LogP contribution is -2.29. The van der Waals surface area contributed by atoms with E-state index in [9.17, 15) is 9.59 Å². The zero-order chi connectivity index (χ0) is 20.4. The van der Waals surface area contributed by atoms with Gasteiger partial charge in [-0.05, 0) is 43.9 Å². The molecule has 144 valence electrons. The molecule has 0 unspecified atom stereocenters. The third-order valence-electron chi connectivity index (χ3n) is 4.94. The molecule has 0 amide bonds. The molecule has 1 aliphatic rings. The number of nitrogens with one attached hydrogen (secondary N) is 1. The number of aromatic nitrogens is 2. The summed E-state index contributed by atoms with van der Waals surface area (Å²) in [6, 6.07) is 18.3. The van der Waals surface area contributed by atoms with Crippen LogP contribution in [-0.2, 0) is 6.54 Å².